The Morgan fingerprint density at radius 3 is 2.62 bits per heavy atom. The summed E-state index contributed by atoms with van der Waals surface area (Å²) in [6.45, 7) is 4.77. The molecule has 0 aliphatic heterocycles. The Morgan fingerprint density at radius 1 is 1.24 bits per heavy atom. The molecule has 0 atom stereocenters. The van der Waals surface area contributed by atoms with Gasteiger partial charge in [0, 0.05) is 23.3 Å². The van der Waals surface area contributed by atoms with Gasteiger partial charge in [-0.3, -0.25) is 14.5 Å². The van der Waals surface area contributed by atoms with Crippen LogP contribution in [0.5, 0.6) is 0 Å². The zero-order valence-corrected chi connectivity index (χ0v) is 17.0. The number of aliphatic carboxylic acids is 1. The van der Waals surface area contributed by atoms with Crippen molar-refractivity contribution in [1.29, 1.82) is 0 Å². The number of aromatic nitrogens is 2. The van der Waals surface area contributed by atoms with E-state index in [-0.39, 0.29) is 24.5 Å². The molecule has 1 heterocycles. The molecule has 0 radical (unpaired) electrons. The van der Waals surface area contributed by atoms with E-state index >= 15 is 0 Å². The maximum absolute atomic E-state index is 12.9. The Bertz CT molecular complexity index is 913. The van der Waals surface area contributed by atoms with Gasteiger partial charge in [-0.25, -0.2) is 4.68 Å². The minimum Gasteiger partial charge on any atom is -0.480 e. The van der Waals surface area contributed by atoms with Crippen LogP contribution in [0.2, 0.25) is 0 Å². The van der Waals surface area contributed by atoms with Crippen LogP contribution in [-0.4, -0.2) is 56.8 Å². The van der Waals surface area contributed by atoms with E-state index in [1.54, 1.807) is 0 Å². The minimum absolute atomic E-state index is 0.0519. The lowest BCUT2D eigenvalue weighted by Gasteiger charge is -2.42. The van der Waals surface area contributed by atoms with E-state index in [1.165, 1.54) is 5.56 Å². The fourth-order valence-electron chi connectivity index (χ4n) is 4.45. The Labute approximate surface area is 170 Å². The number of carboxylic acid groups (broad SMARTS) is 1. The minimum atomic E-state index is -0.809. The third-order valence-electron chi connectivity index (χ3n) is 6.13. The maximum Gasteiger partial charge on any atom is 0.317 e. The zero-order valence-electron chi connectivity index (χ0n) is 17.0. The normalized spacial score (nSPS) is 20.4. The van der Waals surface area contributed by atoms with Crippen LogP contribution in [0.1, 0.15) is 53.5 Å². The average molecular weight is 396 g/mol. The number of amides is 1. The van der Waals surface area contributed by atoms with Crippen molar-refractivity contribution in [2.24, 2.45) is 0 Å². The molecule has 4 rings (SSSR count). The Hall–Kier alpha value is -2.67. The summed E-state index contributed by atoms with van der Waals surface area (Å²) in [5.74, 6) is -0.921. The average Bonchev–Trinajstić information content (AvgIpc) is 3.26. The van der Waals surface area contributed by atoms with Gasteiger partial charge in [0.05, 0.1) is 12.2 Å². The molecule has 2 aliphatic carbocycles. The summed E-state index contributed by atoms with van der Waals surface area (Å²) in [5, 5.41) is 16.8. The highest BCUT2D eigenvalue weighted by Crippen LogP contribution is 2.29. The second-order valence-electron chi connectivity index (χ2n) is 8.13. The molecule has 2 N–H and O–H groups in total. The first-order chi connectivity index (χ1) is 14.0. The largest absolute Gasteiger partial charge is 0.480 e. The van der Waals surface area contributed by atoms with Gasteiger partial charge in [-0.15, -0.1) is 0 Å². The van der Waals surface area contributed by atoms with Gasteiger partial charge in [-0.1, -0.05) is 24.6 Å². The molecule has 1 amide bonds. The first-order valence-corrected chi connectivity index (χ1v) is 10.4. The van der Waals surface area contributed by atoms with E-state index in [0.29, 0.717) is 12.2 Å². The summed E-state index contributed by atoms with van der Waals surface area (Å²) < 4.78 is 1.92. The van der Waals surface area contributed by atoms with Crippen LogP contribution in [0.15, 0.2) is 24.3 Å². The molecule has 0 bridgehead atoms. The molecule has 154 valence electrons. The highest BCUT2D eigenvalue weighted by atomic mass is 16.4. The Kier molecular flexibility index (Phi) is 5.41. The number of hydrogen-bond donors (Lipinski definition) is 2. The zero-order chi connectivity index (χ0) is 20.5. The first kappa shape index (κ1) is 19.6. The van der Waals surface area contributed by atoms with Gasteiger partial charge in [0.15, 0.2) is 5.69 Å². The molecule has 2 aromatic rings. The van der Waals surface area contributed by atoms with Crippen molar-refractivity contribution in [2.75, 3.05) is 13.1 Å². The highest BCUT2D eigenvalue weighted by Gasteiger charge is 2.36. The molecule has 0 spiro atoms. The molecule has 7 nitrogen and oxygen atoms in total. The topological polar surface area (TPSA) is 87.5 Å². The lowest BCUT2D eigenvalue weighted by atomic mass is 9.85. The van der Waals surface area contributed by atoms with Crippen molar-refractivity contribution in [1.82, 2.24) is 20.0 Å². The number of rotatable bonds is 7. The third-order valence-corrected chi connectivity index (χ3v) is 6.13. The van der Waals surface area contributed by atoms with Crippen LogP contribution in [0.3, 0.4) is 0 Å². The molecule has 1 aromatic carbocycles. The Balaban J connectivity index is 1.44. The van der Waals surface area contributed by atoms with Gasteiger partial charge in [-0.2, -0.15) is 5.10 Å². The van der Waals surface area contributed by atoms with Crippen molar-refractivity contribution in [3.05, 3.63) is 46.8 Å². The van der Waals surface area contributed by atoms with Crippen molar-refractivity contribution in [3.63, 3.8) is 0 Å². The Morgan fingerprint density at radius 2 is 1.97 bits per heavy atom. The molecule has 7 heteroatoms. The lowest BCUT2D eigenvalue weighted by molar-refractivity contribution is -0.139. The number of hydrogen-bond acceptors (Lipinski definition) is 4. The van der Waals surface area contributed by atoms with Gasteiger partial charge in [0.25, 0.3) is 5.91 Å². The molecular formula is C22H28N4O3. The van der Waals surface area contributed by atoms with Gasteiger partial charge < -0.3 is 10.4 Å². The van der Waals surface area contributed by atoms with E-state index in [2.05, 4.69) is 29.5 Å². The molecule has 0 unspecified atom stereocenters. The summed E-state index contributed by atoms with van der Waals surface area (Å²) in [4.78, 5) is 25.9. The number of carboxylic acids is 1. The molecule has 1 aromatic heterocycles. The monoisotopic (exact) mass is 396 g/mol. The predicted molar refractivity (Wildman–Crippen MR) is 109 cm³/mol. The summed E-state index contributed by atoms with van der Waals surface area (Å²) in [6.07, 6.45) is 4.45. The number of aryl methyl sites for hydroxylation is 1. The molecule has 0 saturated heterocycles. The van der Waals surface area contributed by atoms with Crippen molar-refractivity contribution in [3.8, 4) is 5.69 Å². The molecular weight excluding hydrogens is 368 g/mol. The number of fused-ring (bicyclic) bond motifs is 1. The second-order valence-corrected chi connectivity index (χ2v) is 8.13. The standard InChI is InChI=1S/C22H28N4O3/c1-3-25(13-20(27)28)17-11-15(12-17)23-22(29)21-18-5-4-6-19(18)26(24-21)16-9-7-14(2)8-10-16/h7-10,15,17H,3-6,11-13H2,1-2H3,(H,23,29)(H,27,28). The van der Waals surface area contributed by atoms with Gasteiger partial charge >= 0.3 is 5.97 Å². The predicted octanol–water partition coefficient (Wildman–Crippen LogP) is 2.34. The van der Waals surface area contributed by atoms with E-state index in [4.69, 9.17) is 5.11 Å². The van der Waals surface area contributed by atoms with Crippen molar-refractivity contribution < 1.29 is 14.7 Å². The van der Waals surface area contributed by atoms with E-state index in [0.717, 1.165) is 49.0 Å². The number of nitrogens with one attached hydrogen (secondary N) is 1. The smallest absolute Gasteiger partial charge is 0.317 e. The first-order valence-electron chi connectivity index (χ1n) is 10.4. The summed E-state index contributed by atoms with van der Waals surface area (Å²) in [6, 6.07) is 8.50. The lowest BCUT2D eigenvalue weighted by Crippen LogP contribution is -2.54. The number of benzene rings is 1. The van der Waals surface area contributed by atoms with Crippen LogP contribution >= 0.6 is 0 Å². The molecule has 1 fully saturated rings. The highest BCUT2D eigenvalue weighted by molar-refractivity contribution is 5.94. The summed E-state index contributed by atoms with van der Waals surface area (Å²) in [7, 11) is 0. The van der Waals surface area contributed by atoms with Crippen LogP contribution < -0.4 is 5.32 Å². The second kappa shape index (κ2) is 7.99. The van der Waals surface area contributed by atoms with E-state index in [1.807, 2.05) is 28.6 Å². The third kappa shape index (κ3) is 3.92. The van der Waals surface area contributed by atoms with Crippen LogP contribution in [-0.2, 0) is 17.6 Å². The van der Waals surface area contributed by atoms with Crippen molar-refractivity contribution >= 4 is 11.9 Å². The van der Waals surface area contributed by atoms with Crippen LogP contribution in [0.25, 0.3) is 5.69 Å². The number of carbonyl (C=O) groups excluding carboxylic acids is 1. The molecule has 2 aliphatic rings. The summed E-state index contributed by atoms with van der Waals surface area (Å²) in [5.41, 5.74) is 4.94. The number of nitrogens with zero attached hydrogens (tertiary/aromatic N) is 3. The molecule has 29 heavy (non-hydrogen) atoms. The fourth-order valence-corrected chi connectivity index (χ4v) is 4.45. The summed E-state index contributed by atoms with van der Waals surface area (Å²) >= 11 is 0. The van der Waals surface area contributed by atoms with Gasteiger partial charge in [-0.05, 0) is 57.7 Å². The number of likely N-dealkylation sites (N-methyl/N-ethyl adjacent to an activating group) is 1. The van der Waals surface area contributed by atoms with E-state index in [9.17, 15) is 9.59 Å². The van der Waals surface area contributed by atoms with Crippen LogP contribution in [0, 0.1) is 6.92 Å². The molecule has 1 saturated carbocycles. The van der Waals surface area contributed by atoms with Crippen molar-refractivity contribution in [2.45, 2.75) is 58.0 Å². The fraction of sp³-hybridized carbons (Fsp3) is 0.500. The van der Waals surface area contributed by atoms with Gasteiger partial charge in [0.1, 0.15) is 0 Å². The van der Waals surface area contributed by atoms with Gasteiger partial charge in [0.2, 0.25) is 0 Å². The van der Waals surface area contributed by atoms with E-state index < -0.39 is 5.97 Å². The number of carbonyl (C=O) groups is 2. The SMILES string of the molecule is CCN(CC(=O)O)C1CC(NC(=O)c2nn(-c3ccc(C)cc3)c3c2CCC3)C1. The quantitative estimate of drug-likeness (QED) is 0.750. The maximum atomic E-state index is 12.9. The van der Waals surface area contributed by atoms with Crippen LogP contribution in [0.4, 0.5) is 0 Å².